The molecule has 0 radical (unpaired) electrons. The van der Waals surface area contributed by atoms with E-state index < -0.39 is 15.5 Å². The van der Waals surface area contributed by atoms with Gasteiger partial charge in [-0.25, -0.2) is 0 Å². The molecule has 1 aromatic rings. The molecule has 7 nitrogen and oxygen atoms in total. The molecule has 0 atom stereocenters. The highest BCUT2D eigenvalue weighted by Gasteiger charge is 2.22. The van der Waals surface area contributed by atoms with E-state index in [9.17, 15) is 20.2 Å². The summed E-state index contributed by atoms with van der Waals surface area (Å²) in [7, 11) is 0. The fourth-order valence-electron chi connectivity index (χ4n) is 1.24. The lowest BCUT2D eigenvalue weighted by molar-refractivity contribution is -0.394. The summed E-state index contributed by atoms with van der Waals surface area (Å²) in [4.78, 5) is 19.7. The van der Waals surface area contributed by atoms with E-state index in [-0.39, 0.29) is 21.8 Å². The van der Waals surface area contributed by atoms with Crippen molar-refractivity contribution in [3.8, 4) is 0 Å². The first kappa shape index (κ1) is 12.0. The zero-order valence-electron chi connectivity index (χ0n) is 8.17. The van der Waals surface area contributed by atoms with Gasteiger partial charge in [0.25, 0.3) is 11.4 Å². The Hall–Kier alpha value is -2.09. The Morgan fingerprint density at radius 1 is 1.31 bits per heavy atom. The van der Waals surface area contributed by atoms with Gasteiger partial charge in [-0.2, -0.15) is 0 Å². The van der Waals surface area contributed by atoms with Crippen LogP contribution in [0.1, 0.15) is 11.1 Å². The third-order valence-corrected chi connectivity index (χ3v) is 2.26. The Bertz CT molecular complexity index is 465. The van der Waals surface area contributed by atoms with Crippen LogP contribution in [0.4, 0.5) is 11.4 Å². The van der Waals surface area contributed by atoms with Gasteiger partial charge in [0.1, 0.15) is 4.99 Å². The van der Waals surface area contributed by atoms with Crippen molar-refractivity contribution in [1.82, 2.24) is 0 Å². The van der Waals surface area contributed by atoms with Gasteiger partial charge in [0, 0.05) is 17.2 Å². The van der Waals surface area contributed by atoms with E-state index in [1.807, 2.05) is 0 Å². The number of thiocarbonyl (C=S) groups is 1. The Morgan fingerprint density at radius 2 is 1.88 bits per heavy atom. The van der Waals surface area contributed by atoms with Crippen molar-refractivity contribution in [3.05, 3.63) is 43.5 Å². The second-order valence-electron chi connectivity index (χ2n) is 3.02. The van der Waals surface area contributed by atoms with Crippen LogP contribution in [-0.2, 0) is 0 Å². The van der Waals surface area contributed by atoms with Crippen LogP contribution in [0.2, 0.25) is 0 Å². The van der Waals surface area contributed by atoms with Crippen LogP contribution in [0.25, 0.3) is 0 Å². The molecule has 0 saturated carbocycles. The van der Waals surface area contributed by atoms with Crippen molar-refractivity contribution in [2.45, 2.75) is 6.92 Å². The molecular weight excluding hydrogens is 234 g/mol. The molecule has 0 unspecified atom stereocenters. The summed E-state index contributed by atoms with van der Waals surface area (Å²) >= 11 is 4.67. The summed E-state index contributed by atoms with van der Waals surface area (Å²) in [5.41, 5.74) is 4.95. The molecule has 2 N–H and O–H groups in total. The summed E-state index contributed by atoms with van der Waals surface area (Å²) < 4.78 is 0. The fraction of sp³-hybridized carbons (Fsp3) is 0.125. The van der Waals surface area contributed by atoms with Gasteiger partial charge in [-0.1, -0.05) is 12.2 Å². The highest BCUT2D eigenvalue weighted by Crippen LogP contribution is 2.27. The van der Waals surface area contributed by atoms with E-state index in [4.69, 9.17) is 5.73 Å². The molecule has 0 heterocycles. The number of rotatable bonds is 3. The Labute approximate surface area is 95.2 Å². The predicted octanol–water partition coefficient (Wildman–Crippen LogP) is 1.45. The highest BCUT2D eigenvalue weighted by molar-refractivity contribution is 7.80. The molecule has 8 heteroatoms. The quantitative estimate of drug-likeness (QED) is 0.486. The van der Waals surface area contributed by atoms with Crippen LogP contribution in [-0.4, -0.2) is 14.8 Å². The molecule has 0 spiro atoms. The molecule has 0 aromatic heterocycles. The van der Waals surface area contributed by atoms with Crippen LogP contribution < -0.4 is 5.73 Å². The maximum absolute atomic E-state index is 10.7. The molecule has 16 heavy (non-hydrogen) atoms. The standard InChI is InChI=1S/C8H7N3O4S/c1-4-6(8(9)16)2-5(10(12)13)3-7(4)11(14)15/h2-3H,1H3,(H2,9,16). The number of nitro groups is 2. The number of hydrogen-bond acceptors (Lipinski definition) is 5. The largest absolute Gasteiger partial charge is 0.389 e. The third kappa shape index (κ3) is 2.11. The van der Waals surface area contributed by atoms with Gasteiger partial charge in [-0.15, -0.1) is 0 Å². The van der Waals surface area contributed by atoms with Gasteiger partial charge < -0.3 is 5.73 Å². The molecule has 0 aliphatic heterocycles. The molecule has 84 valence electrons. The van der Waals surface area contributed by atoms with Gasteiger partial charge in [0.2, 0.25) is 0 Å². The summed E-state index contributed by atoms with van der Waals surface area (Å²) in [5, 5.41) is 21.2. The summed E-state index contributed by atoms with van der Waals surface area (Å²) in [5.74, 6) is 0. The first-order valence-electron chi connectivity index (χ1n) is 4.08. The minimum absolute atomic E-state index is 0.107. The monoisotopic (exact) mass is 241 g/mol. The van der Waals surface area contributed by atoms with Crippen LogP contribution in [0.3, 0.4) is 0 Å². The average molecular weight is 241 g/mol. The topological polar surface area (TPSA) is 112 Å². The van der Waals surface area contributed by atoms with Crippen molar-refractivity contribution in [2.75, 3.05) is 0 Å². The number of nitro benzene ring substituents is 2. The van der Waals surface area contributed by atoms with Gasteiger partial charge in [0.15, 0.2) is 0 Å². The maximum Gasteiger partial charge on any atom is 0.279 e. The second-order valence-corrected chi connectivity index (χ2v) is 3.46. The predicted molar refractivity (Wildman–Crippen MR) is 60.4 cm³/mol. The normalized spacial score (nSPS) is 9.81. The maximum atomic E-state index is 10.7. The summed E-state index contributed by atoms with van der Waals surface area (Å²) in [6.07, 6.45) is 0. The Kier molecular flexibility index (Phi) is 3.14. The lowest BCUT2D eigenvalue weighted by Crippen LogP contribution is -2.12. The zero-order valence-corrected chi connectivity index (χ0v) is 8.98. The lowest BCUT2D eigenvalue weighted by Gasteiger charge is -2.04. The molecule has 1 rings (SSSR count). The molecule has 0 aliphatic rings. The van der Waals surface area contributed by atoms with Crippen LogP contribution >= 0.6 is 12.2 Å². The minimum Gasteiger partial charge on any atom is -0.389 e. The smallest absolute Gasteiger partial charge is 0.279 e. The van der Waals surface area contributed by atoms with Crippen molar-refractivity contribution < 1.29 is 9.85 Å². The molecule has 0 fully saturated rings. The number of hydrogen-bond donors (Lipinski definition) is 1. The van der Waals surface area contributed by atoms with E-state index in [0.29, 0.717) is 0 Å². The van der Waals surface area contributed by atoms with Gasteiger partial charge >= 0.3 is 0 Å². The van der Waals surface area contributed by atoms with Crippen LogP contribution in [0.5, 0.6) is 0 Å². The highest BCUT2D eigenvalue weighted by atomic mass is 32.1. The van der Waals surface area contributed by atoms with Crippen LogP contribution in [0.15, 0.2) is 12.1 Å². The number of nitrogens with zero attached hydrogens (tertiary/aromatic N) is 2. The molecular formula is C8H7N3O4S. The Morgan fingerprint density at radius 3 is 2.25 bits per heavy atom. The zero-order chi connectivity index (χ0) is 12.5. The van der Waals surface area contributed by atoms with E-state index >= 15 is 0 Å². The van der Waals surface area contributed by atoms with E-state index in [1.54, 1.807) is 0 Å². The first-order chi connectivity index (χ1) is 7.34. The molecule has 0 bridgehead atoms. The van der Waals surface area contributed by atoms with E-state index in [1.165, 1.54) is 6.92 Å². The van der Waals surface area contributed by atoms with E-state index in [2.05, 4.69) is 12.2 Å². The molecule has 0 amide bonds. The Balaban J connectivity index is 3.57. The summed E-state index contributed by atoms with van der Waals surface area (Å²) in [6.45, 7) is 1.44. The molecule has 0 aliphatic carbocycles. The first-order valence-corrected chi connectivity index (χ1v) is 4.48. The third-order valence-electron chi connectivity index (χ3n) is 2.04. The van der Waals surface area contributed by atoms with Crippen molar-refractivity contribution >= 4 is 28.6 Å². The number of nitrogens with two attached hydrogens (primary N) is 1. The van der Waals surface area contributed by atoms with Crippen molar-refractivity contribution in [1.29, 1.82) is 0 Å². The number of benzene rings is 1. The van der Waals surface area contributed by atoms with Gasteiger partial charge in [-0.05, 0) is 6.92 Å². The van der Waals surface area contributed by atoms with Crippen molar-refractivity contribution in [3.63, 3.8) is 0 Å². The molecule has 1 aromatic carbocycles. The van der Waals surface area contributed by atoms with Gasteiger partial charge in [0.05, 0.1) is 15.9 Å². The van der Waals surface area contributed by atoms with Crippen molar-refractivity contribution in [2.24, 2.45) is 5.73 Å². The fourth-order valence-corrected chi connectivity index (χ4v) is 1.45. The lowest BCUT2D eigenvalue weighted by atomic mass is 10.1. The summed E-state index contributed by atoms with van der Waals surface area (Å²) in [6, 6.07) is 2.02. The average Bonchev–Trinajstić information content (AvgIpc) is 2.16. The number of non-ortho nitro benzene ring substituents is 1. The minimum atomic E-state index is -0.728. The SMILES string of the molecule is Cc1c(C(N)=S)cc([N+](=O)[O-])cc1[N+](=O)[O-]. The van der Waals surface area contributed by atoms with E-state index in [0.717, 1.165) is 12.1 Å². The van der Waals surface area contributed by atoms with Crippen LogP contribution in [0, 0.1) is 27.2 Å². The second kappa shape index (κ2) is 4.19. The molecule has 0 saturated heterocycles. The van der Waals surface area contributed by atoms with Gasteiger partial charge in [-0.3, -0.25) is 20.2 Å².